The number of hydrogen-bond acceptors (Lipinski definition) is 6. The zero-order chi connectivity index (χ0) is 23.0. The largest absolute Gasteiger partial charge is 0.459 e. The number of furan rings is 1. The van der Waals surface area contributed by atoms with Crippen LogP contribution in [0.4, 0.5) is 16.2 Å². The van der Waals surface area contributed by atoms with E-state index in [0.717, 1.165) is 17.4 Å². The van der Waals surface area contributed by atoms with Gasteiger partial charge in [-0.15, -0.1) is 0 Å². The van der Waals surface area contributed by atoms with Crippen LogP contribution in [0.3, 0.4) is 0 Å². The van der Waals surface area contributed by atoms with Gasteiger partial charge in [0.05, 0.1) is 35.7 Å². The van der Waals surface area contributed by atoms with E-state index in [9.17, 15) is 18.0 Å². The molecule has 0 aliphatic carbocycles. The summed E-state index contributed by atoms with van der Waals surface area (Å²) in [6.07, 6.45) is 2.07. The second-order valence-electron chi connectivity index (χ2n) is 7.58. The first kappa shape index (κ1) is 21.6. The maximum absolute atomic E-state index is 13.1. The average molecular weight is 455 g/mol. The molecule has 0 saturated carbocycles. The van der Waals surface area contributed by atoms with Gasteiger partial charge in [0.25, 0.3) is 5.91 Å². The van der Waals surface area contributed by atoms with Crippen LogP contribution >= 0.6 is 0 Å². The van der Waals surface area contributed by atoms with Crippen LogP contribution in [0.25, 0.3) is 11.1 Å². The molecule has 8 nitrogen and oxygen atoms in total. The molecule has 0 bridgehead atoms. The van der Waals surface area contributed by atoms with E-state index in [1.165, 1.54) is 18.3 Å². The Morgan fingerprint density at radius 1 is 1.03 bits per heavy atom. The van der Waals surface area contributed by atoms with Crippen LogP contribution in [0, 0.1) is 0 Å². The normalized spacial score (nSPS) is 15.9. The highest BCUT2D eigenvalue weighted by atomic mass is 32.2. The summed E-state index contributed by atoms with van der Waals surface area (Å²) in [6.45, 7) is 2.08. The molecule has 0 spiro atoms. The predicted molar refractivity (Wildman–Crippen MR) is 120 cm³/mol. The molecule has 0 N–H and O–H groups in total. The molecular formula is C23H22N2O6S. The minimum absolute atomic E-state index is 0.192. The van der Waals surface area contributed by atoms with Gasteiger partial charge in [-0.1, -0.05) is 18.2 Å². The zero-order valence-corrected chi connectivity index (χ0v) is 18.6. The van der Waals surface area contributed by atoms with Crippen molar-refractivity contribution in [2.24, 2.45) is 0 Å². The summed E-state index contributed by atoms with van der Waals surface area (Å²) in [7, 11) is -2.00. The quantitative estimate of drug-likeness (QED) is 0.594. The third-order valence-electron chi connectivity index (χ3n) is 5.38. The third-order valence-corrected chi connectivity index (χ3v) is 6.51. The van der Waals surface area contributed by atoms with Crippen molar-refractivity contribution in [1.29, 1.82) is 0 Å². The number of rotatable bonds is 3. The first-order chi connectivity index (χ1) is 15.2. The van der Waals surface area contributed by atoms with Gasteiger partial charge in [-0.05, 0) is 54.4 Å². The second kappa shape index (κ2) is 8.16. The van der Waals surface area contributed by atoms with Crippen molar-refractivity contribution >= 4 is 33.2 Å². The van der Waals surface area contributed by atoms with E-state index in [-0.39, 0.29) is 29.1 Å². The summed E-state index contributed by atoms with van der Waals surface area (Å²) in [4.78, 5) is 28.9. The number of carbonyl (C=O) groups is 2. The molecule has 1 aliphatic rings. The molecule has 166 valence electrons. The number of methoxy groups -OCH3 is 1. The Bertz CT molecular complexity index is 1270. The molecule has 0 unspecified atom stereocenters. The van der Waals surface area contributed by atoms with Crippen molar-refractivity contribution in [2.45, 2.75) is 17.9 Å². The lowest BCUT2D eigenvalue weighted by Gasteiger charge is -2.40. The first-order valence-corrected chi connectivity index (χ1v) is 11.8. The van der Waals surface area contributed by atoms with Crippen molar-refractivity contribution in [3.8, 4) is 11.1 Å². The summed E-state index contributed by atoms with van der Waals surface area (Å²) < 4.78 is 33.8. The third kappa shape index (κ3) is 3.87. The number of amides is 2. The van der Waals surface area contributed by atoms with Crippen LogP contribution in [-0.4, -0.2) is 46.4 Å². The monoisotopic (exact) mass is 454 g/mol. The Labute approximate surface area is 185 Å². The summed E-state index contributed by atoms with van der Waals surface area (Å²) in [5.74, 6) is -0.130. The molecule has 0 radical (unpaired) electrons. The SMILES string of the molecule is COC(=O)N1c2ccc(-c3ccc(S(C)(=O)=O)cc3)cc2N(C(=O)c2ccco2)C[C@@H]1C. The Morgan fingerprint density at radius 3 is 2.31 bits per heavy atom. The van der Waals surface area contributed by atoms with E-state index >= 15 is 0 Å². The lowest BCUT2D eigenvalue weighted by molar-refractivity contribution is 0.0956. The fourth-order valence-corrected chi connectivity index (χ4v) is 4.43. The van der Waals surface area contributed by atoms with Crippen LogP contribution in [0.5, 0.6) is 0 Å². The molecule has 0 saturated heterocycles. The summed E-state index contributed by atoms with van der Waals surface area (Å²) in [6, 6.07) is 14.8. The number of anilines is 2. The van der Waals surface area contributed by atoms with Crippen molar-refractivity contribution in [1.82, 2.24) is 0 Å². The van der Waals surface area contributed by atoms with Crippen LogP contribution < -0.4 is 9.80 Å². The number of benzene rings is 2. The molecule has 2 amide bonds. The fraction of sp³-hybridized carbons (Fsp3) is 0.217. The molecule has 1 aliphatic heterocycles. The van der Waals surface area contributed by atoms with Crippen molar-refractivity contribution in [3.63, 3.8) is 0 Å². The number of ether oxygens (including phenoxy) is 1. The smallest absolute Gasteiger partial charge is 0.414 e. The van der Waals surface area contributed by atoms with Gasteiger partial charge in [-0.2, -0.15) is 0 Å². The van der Waals surface area contributed by atoms with Gasteiger partial charge < -0.3 is 14.1 Å². The number of carbonyl (C=O) groups excluding carboxylic acids is 2. The summed E-state index contributed by atoms with van der Waals surface area (Å²) in [5, 5.41) is 0. The minimum atomic E-state index is -3.31. The molecule has 1 aromatic heterocycles. The number of sulfone groups is 1. The van der Waals surface area contributed by atoms with Crippen LogP contribution in [0.1, 0.15) is 17.5 Å². The number of hydrogen-bond donors (Lipinski definition) is 0. The standard InChI is InChI=1S/C23H22N2O6S/c1-15-14-24(22(26)21-5-4-12-31-21)20-13-17(8-11-19(20)25(15)23(27)30-2)16-6-9-18(10-7-16)32(3,28)29/h4-13,15H,14H2,1-3H3/t15-/m0/s1. The zero-order valence-electron chi connectivity index (χ0n) is 17.8. The second-order valence-corrected chi connectivity index (χ2v) is 9.60. The molecular weight excluding hydrogens is 432 g/mol. The number of fused-ring (bicyclic) bond motifs is 1. The Balaban J connectivity index is 1.82. The van der Waals surface area contributed by atoms with Gasteiger partial charge in [-0.25, -0.2) is 13.2 Å². The van der Waals surface area contributed by atoms with E-state index in [4.69, 9.17) is 9.15 Å². The van der Waals surface area contributed by atoms with E-state index in [1.54, 1.807) is 53.4 Å². The maximum Gasteiger partial charge on any atom is 0.414 e. The Kier molecular flexibility index (Phi) is 5.52. The van der Waals surface area contributed by atoms with Crippen molar-refractivity contribution in [2.75, 3.05) is 29.7 Å². The lowest BCUT2D eigenvalue weighted by atomic mass is 10.0. The molecule has 2 heterocycles. The highest BCUT2D eigenvalue weighted by Crippen LogP contribution is 2.40. The van der Waals surface area contributed by atoms with Gasteiger partial charge >= 0.3 is 6.09 Å². The predicted octanol–water partition coefficient (Wildman–Crippen LogP) is 3.97. The van der Waals surface area contributed by atoms with Gasteiger partial charge in [0, 0.05) is 12.8 Å². The molecule has 1 atom stereocenters. The average Bonchev–Trinajstić information content (AvgIpc) is 3.32. The molecule has 3 aromatic rings. The highest BCUT2D eigenvalue weighted by molar-refractivity contribution is 7.90. The van der Waals surface area contributed by atoms with Crippen LogP contribution in [0.2, 0.25) is 0 Å². The van der Waals surface area contributed by atoms with Crippen molar-refractivity contribution in [3.05, 3.63) is 66.6 Å². The lowest BCUT2D eigenvalue weighted by Crippen LogP contribution is -2.52. The van der Waals surface area contributed by atoms with Crippen LogP contribution in [0.15, 0.2) is 70.2 Å². The van der Waals surface area contributed by atoms with E-state index in [0.29, 0.717) is 11.4 Å². The highest BCUT2D eigenvalue weighted by Gasteiger charge is 2.36. The Hall–Kier alpha value is -3.59. The molecule has 4 rings (SSSR count). The van der Waals surface area contributed by atoms with E-state index in [1.807, 2.05) is 13.0 Å². The van der Waals surface area contributed by atoms with Crippen LogP contribution in [-0.2, 0) is 14.6 Å². The van der Waals surface area contributed by atoms with Gasteiger partial charge in [0.15, 0.2) is 15.6 Å². The van der Waals surface area contributed by atoms with Gasteiger partial charge in [-0.3, -0.25) is 9.69 Å². The molecule has 2 aromatic carbocycles. The van der Waals surface area contributed by atoms with Gasteiger partial charge in [0.1, 0.15) is 0 Å². The minimum Gasteiger partial charge on any atom is -0.459 e. The number of nitrogens with zero attached hydrogens (tertiary/aromatic N) is 2. The Morgan fingerprint density at radius 2 is 1.72 bits per heavy atom. The van der Waals surface area contributed by atoms with E-state index in [2.05, 4.69) is 0 Å². The summed E-state index contributed by atoms with van der Waals surface area (Å²) in [5.41, 5.74) is 2.60. The van der Waals surface area contributed by atoms with Gasteiger partial charge in [0.2, 0.25) is 0 Å². The topological polar surface area (TPSA) is 97.1 Å². The molecule has 32 heavy (non-hydrogen) atoms. The van der Waals surface area contributed by atoms with E-state index < -0.39 is 15.9 Å². The molecule has 9 heteroatoms. The van der Waals surface area contributed by atoms with Crippen molar-refractivity contribution < 1.29 is 27.2 Å². The molecule has 0 fully saturated rings. The maximum atomic E-state index is 13.1. The summed E-state index contributed by atoms with van der Waals surface area (Å²) >= 11 is 0. The first-order valence-electron chi connectivity index (χ1n) is 9.88. The fourth-order valence-electron chi connectivity index (χ4n) is 3.80.